The Kier molecular flexibility index (Phi) is 4.21. The van der Waals surface area contributed by atoms with Gasteiger partial charge in [-0.05, 0) is 11.0 Å². The van der Waals surface area contributed by atoms with Gasteiger partial charge in [0, 0.05) is 6.42 Å². The Balaban J connectivity index is 2.05. The summed E-state index contributed by atoms with van der Waals surface area (Å²) in [6, 6.07) is 7.90. The summed E-state index contributed by atoms with van der Waals surface area (Å²) in [6.45, 7) is 3.39. The number of benzene rings is 1. The van der Waals surface area contributed by atoms with E-state index in [0.29, 0.717) is 0 Å². The molecule has 3 N–H and O–H groups in total. The van der Waals surface area contributed by atoms with Crippen LogP contribution in [0.15, 0.2) is 30.3 Å². The van der Waals surface area contributed by atoms with E-state index in [1.165, 1.54) is 0 Å². The highest BCUT2D eigenvalue weighted by atomic mass is 16.4. The predicted octanol–water partition coefficient (Wildman–Crippen LogP) is 1.16. The molecule has 1 aliphatic rings. The number of carbonyl (C=O) groups excluding carboxylic acids is 1. The highest BCUT2D eigenvalue weighted by molar-refractivity contribution is 5.93. The summed E-state index contributed by atoms with van der Waals surface area (Å²) in [7, 11) is 0. The first-order valence-electron chi connectivity index (χ1n) is 7.05. The maximum absolute atomic E-state index is 12.2. The van der Waals surface area contributed by atoms with Crippen LogP contribution in [0.4, 0.5) is 0 Å². The van der Waals surface area contributed by atoms with Crippen LogP contribution in [-0.4, -0.2) is 34.1 Å². The molecule has 1 aromatic rings. The molecule has 1 amide bonds. The topological polar surface area (TPSA) is 104 Å². The number of rotatable bonds is 6. The molecule has 3 atom stereocenters. The van der Waals surface area contributed by atoms with Crippen molar-refractivity contribution in [2.75, 3.05) is 0 Å². The fourth-order valence-electron chi connectivity index (χ4n) is 2.90. The van der Waals surface area contributed by atoms with Crippen molar-refractivity contribution in [1.29, 1.82) is 0 Å². The fourth-order valence-corrected chi connectivity index (χ4v) is 2.90. The molecule has 6 nitrogen and oxygen atoms in total. The van der Waals surface area contributed by atoms with Crippen molar-refractivity contribution in [3.05, 3.63) is 35.9 Å². The van der Waals surface area contributed by atoms with E-state index in [1.807, 2.05) is 6.07 Å². The summed E-state index contributed by atoms with van der Waals surface area (Å²) in [6.07, 6.45) is 0.160. The van der Waals surface area contributed by atoms with E-state index >= 15 is 0 Å². The molecule has 22 heavy (non-hydrogen) atoms. The fraction of sp³-hybridized carbons (Fsp3) is 0.438. The molecule has 0 aliphatic heterocycles. The Hall–Kier alpha value is -2.37. The average Bonchev–Trinajstić information content (AvgIpc) is 3.02. The van der Waals surface area contributed by atoms with Gasteiger partial charge in [-0.1, -0.05) is 44.2 Å². The van der Waals surface area contributed by atoms with E-state index in [9.17, 15) is 19.5 Å². The van der Waals surface area contributed by atoms with Gasteiger partial charge in [-0.2, -0.15) is 0 Å². The third-order valence-electron chi connectivity index (χ3n) is 4.27. The van der Waals surface area contributed by atoms with Crippen molar-refractivity contribution >= 4 is 17.8 Å². The van der Waals surface area contributed by atoms with Crippen molar-refractivity contribution < 1.29 is 24.6 Å². The number of carboxylic acid groups (broad SMARTS) is 2. The van der Waals surface area contributed by atoms with Gasteiger partial charge in [-0.3, -0.25) is 9.59 Å². The Morgan fingerprint density at radius 1 is 1.14 bits per heavy atom. The lowest BCUT2D eigenvalue weighted by atomic mass is 10.0. The molecule has 1 saturated carbocycles. The summed E-state index contributed by atoms with van der Waals surface area (Å²) < 4.78 is 0. The minimum atomic E-state index is -1.14. The Labute approximate surface area is 128 Å². The molecule has 1 aliphatic carbocycles. The summed E-state index contributed by atoms with van der Waals surface area (Å²) in [4.78, 5) is 34.6. The maximum atomic E-state index is 12.2. The molecule has 0 heterocycles. The van der Waals surface area contributed by atoms with Crippen LogP contribution in [0.2, 0.25) is 0 Å². The number of nitrogens with one attached hydrogen (secondary N) is 1. The first-order chi connectivity index (χ1) is 10.2. The van der Waals surface area contributed by atoms with E-state index in [1.54, 1.807) is 38.1 Å². The Morgan fingerprint density at radius 2 is 1.73 bits per heavy atom. The maximum Gasteiger partial charge on any atom is 0.326 e. The number of hydrogen-bond acceptors (Lipinski definition) is 3. The number of hydrogen-bond donors (Lipinski definition) is 3. The van der Waals surface area contributed by atoms with Gasteiger partial charge in [0.25, 0.3) is 0 Å². The molecule has 2 rings (SSSR count). The monoisotopic (exact) mass is 305 g/mol. The van der Waals surface area contributed by atoms with E-state index < -0.39 is 41.1 Å². The highest BCUT2D eigenvalue weighted by Crippen LogP contribution is 2.58. The molecule has 0 saturated heterocycles. The van der Waals surface area contributed by atoms with Gasteiger partial charge in [0.15, 0.2) is 0 Å². The van der Waals surface area contributed by atoms with Crippen LogP contribution in [0.3, 0.4) is 0 Å². The van der Waals surface area contributed by atoms with E-state index in [2.05, 4.69) is 5.32 Å². The lowest BCUT2D eigenvalue weighted by Crippen LogP contribution is -2.43. The van der Waals surface area contributed by atoms with Crippen LogP contribution in [0, 0.1) is 17.3 Å². The van der Waals surface area contributed by atoms with Gasteiger partial charge >= 0.3 is 11.9 Å². The van der Waals surface area contributed by atoms with Gasteiger partial charge in [-0.15, -0.1) is 0 Å². The van der Waals surface area contributed by atoms with Crippen LogP contribution >= 0.6 is 0 Å². The molecule has 6 heteroatoms. The third kappa shape index (κ3) is 3.10. The molecule has 1 aromatic carbocycles. The first kappa shape index (κ1) is 16.0. The quantitative estimate of drug-likeness (QED) is 0.731. The summed E-state index contributed by atoms with van der Waals surface area (Å²) in [5, 5.41) is 20.8. The van der Waals surface area contributed by atoms with E-state index in [0.717, 1.165) is 5.56 Å². The SMILES string of the molecule is CC1(C)[C@H](C(=O)O)[C@@H]1C(=O)N[C@@H](Cc1ccccc1)C(=O)O. The van der Waals surface area contributed by atoms with Crippen LogP contribution in [0.5, 0.6) is 0 Å². The van der Waals surface area contributed by atoms with Crippen LogP contribution in [0.25, 0.3) is 0 Å². The lowest BCUT2D eigenvalue weighted by molar-refractivity contribution is -0.142. The normalized spacial score (nSPS) is 23.4. The summed E-state index contributed by atoms with van der Waals surface area (Å²) in [5.41, 5.74) is 0.145. The van der Waals surface area contributed by atoms with Gasteiger partial charge in [0.1, 0.15) is 6.04 Å². The van der Waals surface area contributed by atoms with E-state index in [4.69, 9.17) is 5.11 Å². The van der Waals surface area contributed by atoms with Gasteiger partial charge < -0.3 is 15.5 Å². The third-order valence-corrected chi connectivity index (χ3v) is 4.27. The van der Waals surface area contributed by atoms with Crippen molar-refractivity contribution in [3.8, 4) is 0 Å². The zero-order valence-corrected chi connectivity index (χ0v) is 12.4. The van der Waals surface area contributed by atoms with Crippen LogP contribution < -0.4 is 5.32 Å². The molecule has 1 fully saturated rings. The molecule has 0 spiro atoms. The minimum absolute atomic E-state index is 0.160. The number of amides is 1. The molecule has 118 valence electrons. The van der Waals surface area contributed by atoms with Crippen molar-refractivity contribution in [2.24, 2.45) is 17.3 Å². The van der Waals surface area contributed by atoms with Crippen molar-refractivity contribution in [2.45, 2.75) is 26.3 Å². The van der Waals surface area contributed by atoms with Crippen LogP contribution in [0.1, 0.15) is 19.4 Å². The second-order valence-corrected chi connectivity index (χ2v) is 6.20. The zero-order chi connectivity index (χ0) is 16.5. The number of aliphatic carboxylic acids is 2. The predicted molar refractivity (Wildman–Crippen MR) is 78.1 cm³/mol. The summed E-state index contributed by atoms with van der Waals surface area (Å²) >= 11 is 0. The molecular weight excluding hydrogens is 286 g/mol. The van der Waals surface area contributed by atoms with Crippen LogP contribution in [-0.2, 0) is 20.8 Å². The first-order valence-corrected chi connectivity index (χ1v) is 7.05. The molecule has 0 aromatic heterocycles. The Bertz CT molecular complexity index is 596. The second kappa shape index (κ2) is 5.79. The van der Waals surface area contributed by atoms with Gasteiger partial charge in [0.05, 0.1) is 11.8 Å². The molecular formula is C16H19NO5. The lowest BCUT2D eigenvalue weighted by Gasteiger charge is -2.15. The van der Waals surface area contributed by atoms with Gasteiger partial charge in [0.2, 0.25) is 5.91 Å². The molecule has 0 bridgehead atoms. The number of carbonyl (C=O) groups is 3. The second-order valence-electron chi connectivity index (χ2n) is 6.20. The average molecular weight is 305 g/mol. The standard InChI is InChI=1S/C16H19NO5/c1-16(2)11(12(16)15(21)22)13(18)17-10(14(19)20)8-9-6-4-3-5-7-9/h3-7,10-12H,8H2,1-2H3,(H,17,18)(H,19,20)(H,21,22)/t10-,11+,12-/m0/s1. The largest absolute Gasteiger partial charge is 0.481 e. The van der Waals surface area contributed by atoms with E-state index in [-0.39, 0.29) is 6.42 Å². The van der Waals surface area contributed by atoms with Crippen molar-refractivity contribution in [1.82, 2.24) is 5.32 Å². The minimum Gasteiger partial charge on any atom is -0.481 e. The number of carboxylic acids is 2. The summed E-state index contributed by atoms with van der Waals surface area (Å²) in [5.74, 6) is -4.13. The smallest absolute Gasteiger partial charge is 0.326 e. The van der Waals surface area contributed by atoms with Gasteiger partial charge in [-0.25, -0.2) is 4.79 Å². The Morgan fingerprint density at radius 3 is 2.18 bits per heavy atom. The highest BCUT2D eigenvalue weighted by Gasteiger charge is 2.66. The van der Waals surface area contributed by atoms with Crippen molar-refractivity contribution in [3.63, 3.8) is 0 Å². The molecule has 0 radical (unpaired) electrons. The molecule has 0 unspecified atom stereocenters. The zero-order valence-electron chi connectivity index (χ0n) is 12.4.